The number of benzene rings is 2. The molecule has 0 saturated carbocycles. The van der Waals surface area contributed by atoms with Crippen LogP contribution in [-0.2, 0) is 6.61 Å². The molecule has 3 rings (SSSR count). The minimum Gasteiger partial charge on any atom is -0.486 e. The van der Waals surface area contributed by atoms with E-state index in [2.05, 4.69) is 0 Å². The van der Waals surface area contributed by atoms with Crippen LogP contribution in [0.25, 0.3) is 6.08 Å². The first kappa shape index (κ1) is 17.1. The Bertz CT molecular complexity index is 892. The first-order valence-electron chi connectivity index (χ1n) is 7.86. The zero-order valence-corrected chi connectivity index (χ0v) is 14.5. The van der Waals surface area contributed by atoms with Gasteiger partial charge < -0.3 is 9.15 Å². The van der Waals surface area contributed by atoms with Gasteiger partial charge in [-0.1, -0.05) is 35.4 Å². The molecule has 0 bridgehead atoms. The summed E-state index contributed by atoms with van der Waals surface area (Å²) in [6.45, 7) is 2.27. The van der Waals surface area contributed by atoms with Crippen molar-refractivity contribution in [3.8, 4) is 5.75 Å². The smallest absolute Gasteiger partial charge is 0.185 e. The van der Waals surface area contributed by atoms with Crippen LogP contribution in [0, 0.1) is 6.92 Å². The highest BCUT2D eigenvalue weighted by molar-refractivity contribution is 6.30. The number of furan rings is 1. The lowest BCUT2D eigenvalue weighted by Crippen LogP contribution is -1.94. The lowest BCUT2D eigenvalue weighted by Gasteiger charge is -2.03. The molecular formula is C21H17ClO3. The van der Waals surface area contributed by atoms with E-state index in [4.69, 9.17) is 20.8 Å². The number of halogens is 1. The van der Waals surface area contributed by atoms with Crippen molar-refractivity contribution in [1.82, 2.24) is 0 Å². The molecule has 4 heteroatoms. The van der Waals surface area contributed by atoms with Crippen LogP contribution in [0.3, 0.4) is 0 Å². The second-order valence-corrected chi connectivity index (χ2v) is 6.05. The van der Waals surface area contributed by atoms with Crippen molar-refractivity contribution in [1.29, 1.82) is 0 Å². The fourth-order valence-corrected chi connectivity index (χ4v) is 2.43. The highest BCUT2D eigenvalue weighted by Gasteiger charge is 2.04. The molecule has 2 aromatic carbocycles. The third kappa shape index (κ3) is 4.85. The number of ether oxygens (including phenoxy) is 1. The van der Waals surface area contributed by atoms with Crippen LogP contribution >= 0.6 is 11.6 Å². The molecular weight excluding hydrogens is 336 g/mol. The van der Waals surface area contributed by atoms with Gasteiger partial charge in [0.25, 0.3) is 0 Å². The average Bonchev–Trinajstić information content (AvgIpc) is 3.07. The zero-order chi connectivity index (χ0) is 17.6. The Morgan fingerprint density at radius 2 is 1.92 bits per heavy atom. The molecule has 0 saturated heterocycles. The van der Waals surface area contributed by atoms with E-state index in [1.165, 1.54) is 6.08 Å². The van der Waals surface area contributed by atoms with E-state index < -0.39 is 0 Å². The monoisotopic (exact) mass is 352 g/mol. The fraction of sp³-hybridized carbons (Fsp3) is 0.0952. The Kier molecular flexibility index (Phi) is 5.36. The van der Waals surface area contributed by atoms with Crippen LogP contribution in [0.5, 0.6) is 5.75 Å². The van der Waals surface area contributed by atoms with E-state index in [9.17, 15) is 4.79 Å². The first-order valence-corrected chi connectivity index (χ1v) is 8.24. The van der Waals surface area contributed by atoms with E-state index in [-0.39, 0.29) is 5.78 Å². The van der Waals surface area contributed by atoms with Crippen LogP contribution in [-0.4, -0.2) is 5.78 Å². The maximum absolute atomic E-state index is 12.2. The average molecular weight is 353 g/mol. The van der Waals surface area contributed by atoms with Crippen LogP contribution in [0.4, 0.5) is 0 Å². The predicted octanol–water partition coefficient (Wildman–Crippen LogP) is 5.72. The molecule has 0 fully saturated rings. The van der Waals surface area contributed by atoms with E-state index in [1.807, 2.05) is 31.2 Å². The van der Waals surface area contributed by atoms with Gasteiger partial charge in [-0.05, 0) is 61.5 Å². The molecule has 1 heterocycles. The third-order valence-corrected chi connectivity index (χ3v) is 3.83. The summed E-state index contributed by atoms with van der Waals surface area (Å²) in [5, 5.41) is 0.663. The Balaban J connectivity index is 1.59. The Morgan fingerprint density at radius 1 is 1.12 bits per heavy atom. The summed E-state index contributed by atoms with van der Waals surface area (Å²) in [4.78, 5) is 12.2. The van der Waals surface area contributed by atoms with Gasteiger partial charge in [-0.25, -0.2) is 0 Å². The molecule has 0 spiro atoms. The molecule has 0 aliphatic carbocycles. The summed E-state index contributed by atoms with van der Waals surface area (Å²) < 4.78 is 11.3. The molecule has 126 valence electrons. The van der Waals surface area contributed by atoms with Crippen LogP contribution < -0.4 is 4.74 Å². The summed E-state index contributed by atoms with van der Waals surface area (Å²) >= 11 is 5.84. The van der Waals surface area contributed by atoms with Crippen LogP contribution in [0.1, 0.15) is 27.4 Å². The van der Waals surface area contributed by atoms with E-state index in [1.54, 1.807) is 42.5 Å². The third-order valence-electron chi connectivity index (χ3n) is 3.58. The van der Waals surface area contributed by atoms with Crippen molar-refractivity contribution >= 4 is 23.5 Å². The van der Waals surface area contributed by atoms with Crippen LogP contribution in [0.2, 0.25) is 5.02 Å². The summed E-state index contributed by atoms with van der Waals surface area (Å²) in [7, 11) is 0. The fourth-order valence-electron chi connectivity index (χ4n) is 2.30. The van der Waals surface area contributed by atoms with Gasteiger partial charge in [-0.2, -0.15) is 0 Å². The number of aryl methyl sites for hydroxylation is 1. The van der Waals surface area contributed by atoms with E-state index >= 15 is 0 Å². The van der Waals surface area contributed by atoms with Crippen molar-refractivity contribution in [2.24, 2.45) is 0 Å². The van der Waals surface area contributed by atoms with Crippen molar-refractivity contribution < 1.29 is 13.9 Å². The highest BCUT2D eigenvalue weighted by Crippen LogP contribution is 2.18. The van der Waals surface area contributed by atoms with E-state index in [0.29, 0.717) is 34.5 Å². The van der Waals surface area contributed by atoms with Crippen molar-refractivity contribution in [2.75, 3.05) is 0 Å². The van der Waals surface area contributed by atoms with Crippen molar-refractivity contribution in [3.63, 3.8) is 0 Å². The Morgan fingerprint density at radius 3 is 2.68 bits per heavy atom. The molecule has 0 atom stereocenters. The van der Waals surface area contributed by atoms with Crippen molar-refractivity contribution in [2.45, 2.75) is 13.5 Å². The van der Waals surface area contributed by atoms with Gasteiger partial charge in [0.15, 0.2) is 5.78 Å². The van der Waals surface area contributed by atoms with E-state index in [0.717, 1.165) is 5.56 Å². The molecule has 3 nitrogen and oxygen atoms in total. The SMILES string of the molecule is Cc1cccc(C(=O)/C=C/c2ccc(COc3ccc(Cl)cc3)o2)c1. The highest BCUT2D eigenvalue weighted by atomic mass is 35.5. The summed E-state index contributed by atoms with van der Waals surface area (Å²) in [5.74, 6) is 1.94. The molecule has 0 radical (unpaired) electrons. The minimum absolute atomic E-state index is 0.0564. The van der Waals surface area contributed by atoms with Gasteiger partial charge in [0, 0.05) is 10.6 Å². The van der Waals surface area contributed by atoms with Gasteiger partial charge in [-0.3, -0.25) is 4.79 Å². The molecule has 0 amide bonds. The number of carbonyl (C=O) groups is 1. The molecule has 0 N–H and O–H groups in total. The number of hydrogen-bond acceptors (Lipinski definition) is 3. The lowest BCUT2D eigenvalue weighted by atomic mass is 10.1. The summed E-state index contributed by atoms with van der Waals surface area (Å²) in [6, 6.07) is 18.3. The zero-order valence-electron chi connectivity index (χ0n) is 13.7. The second-order valence-electron chi connectivity index (χ2n) is 5.61. The van der Waals surface area contributed by atoms with Crippen molar-refractivity contribution in [3.05, 3.63) is 94.4 Å². The standard InChI is InChI=1S/C21H17ClO3/c1-15-3-2-4-16(13-15)21(23)12-11-19-9-10-20(25-19)14-24-18-7-5-17(22)6-8-18/h2-13H,14H2,1H3/b12-11+. The molecule has 0 aliphatic rings. The topological polar surface area (TPSA) is 39.4 Å². The maximum atomic E-state index is 12.2. The number of hydrogen-bond donors (Lipinski definition) is 0. The van der Waals surface area contributed by atoms with Gasteiger partial charge >= 0.3 is 0 Å². The normalized spacial score (nSPS) is 11.0. The number of ketones is 1. The van der Waals surface area contributed by atoms with Gasteiger partial charge in [0.05, 0.1) is 0 Å². The maximum Gasteiger partial charge on any atom is 0.185 e. The summed E-state index contributed by atoms with van der Waals surface area (Å²) in [5.41, 5.74) is 1.72. The number of carbonyl (C=O) groups excluding carboxylic acids is 1. The van der Waals surface area contributed by atoms with Gasteiger partial charge in [0.2, 0.25) is 0 Å². The van der Waals surface area contributed by atoms with Gasteiger partial charge in [0.1, 0.15) is 23.9 Å². The number of allylic oxidation sites excluding steroid dienone is 1. The summed E-state index contributed by atoms with van der Waals surface area (Å²) in [6.07, 6.45) is 3.17. The molecule has 3 aromatic rings. The molecule has 0 unspecified atom stereocenters. The molecule has 0 aliphatic heterocycles. The predicted molar refractivity (Wildman–Crippen MR) is 99.0 cm³/mol. The molecule has 25 heavy (non-hydrogen) atoms. The molecule has 1 aromatic heterocycles. The second kappa shape index (κ2) is 7.86. The number of rotatable bonds is 6. The first-order chi connectivity index (χ1) is 12.1. The quantitative estimate of drug-likeness (QED) is 0.421. The van der Waals surface area contributed by atoms with Gasteiger partial charge in [-0.15, -0.1) is 0 Å². The minimum atomic E-state index is -0.0564. The Labute approximate surface area is 151 Å². The van der Waals surface area contributed by atoms with Crippen LogP contribution in [0.15, 0.2) is 71.2 Å². The lowest BCUT2D eigenvalue weighted by molar-refractivity contribution is 0.104. The Hall–Kier alpha value is -2.78. The largest absolute Gasteiger partial charge is 0.486 e.